The van der Waals surface area contributed by atoms with Crippen LogP contribution in [0.4, 0.5) is 8.78 Å². The Morgan fingerprint density at radius 2 is 1.06 bits per heavy atom. The number of hydrogen-bond acceptors (Lipinski definition) is 12. The topological polar surface area (TPSA) is 192 Å². The highest BCUT2D eigenvalue weighted by molar-refractivity contribution is 14.1. The fraction of sp³-hybridized carbons (Fsp3) is 0.267. The van der Waals surface area contributed by atoms with Crippen molar-refractivity contribution in [2.45, 2.75) is 51.7 Å². The van der Waals surface area contributed by atoms with Gasteiger partial charge in [0.2, 0.25) is 0 Å². The number of nitrogens with zero attached hydrogens (tertiary/aromatic N) is 8. The van der Waals surface area contributed by atoms with E-state index in [1.54, 1.807) is 61.4 Å². The van der Waals surface area contributed by atoms with Crippen LogP contribution in [0.3, 0.4) is 0 Å². The van der Waals surface area contributed by atoms with E-state index in [2.05, 4.69) is 60.3 Å². The summed E-state index contributed by atoms with van der Waals surface area (Å²) in [6.45, 7) is 11.3. The van der Waals surface area contributed by atoms with Crippen LogP contribution in [0.1, 0.15) is 61.3 Å². The van der Waals surface area contributed by atoms with Gasteiger partial charge in [0.05, 0.1) is 62.0 Å². The van der Waals surface area contributed by atoms with E-state index in [4.69, 9.17) is 9.31 Å². The lowest BCUT2D eigenvalue weighted by molar-refractivity contribution is 0.00578. The standard InChI is InChI=1S/C27H25FN6O.C18H29BN2O3.C15H8FIN4/c1-34(2)12-4-11-30-27(35)18-8-6-17(7-9-18)24-21(28)15-32-26-25(24)20-13-22(31-16-23(20)33-26)19-5-3-10-29-14-19;1-17(2)18(3,4)24-19(23-17)15-10-8-14(9-11-15)16(22)20-12-7-13-21(5)6;16-10-6-20-15-13(14(10)17)9-4-11(19-7-12(9)21-15)8-2-1-3-18-5-8/h3,5-10,13-16H,4,11-12H2,1-2H3,(H,30,35)(H,32,33);8-11H,7,12-13H2,1-6H3,(H,20,22);1-7H,(H,20,21). The third kappa shape index (κ3) is 13.0. The van der Waals surface area contributed by atoms with Gasteiger partial charge in [-0.3, -0.25) is 29.5 Å². The summed E-state index contributed by atoms with van der Waals surface area (Å²) < 4.78 is 41.6. The van der Waals surface area contributed by atoms with E-state index in [1.807, 2.05) is 139 Å². The fourth-order valence-electron chi connectivity index (χ4n) is 9.01. The van der Waals surface area contributed by atoms with Crippen LogP contribution in [0, 0.1) is 15.2 Å². The zero-order chi connectivity index (χ0) is 56.7. The van der Waals surface area contributed by atoms with Crippen LogP contribution in [0.2, 0.25) is 0 Å². The average molecular weight is 1190 g/mol. The van der Waals surface area contributed by atoms with Gasteiger partial charge in [-0.25, -0.2) is 18.7 Å². The largest absolute Gasteiger partial charge is 0.494 e. The molecule has 0 spiro atoms. The minimum absolute atomic E-state index is 0.0470. The van der Waals surface area contributed by atoms with E-state index in [-0.39, 0.29) is 28.8 Å². The Morgan fingerprint density at radius 1 is 0.600 bits per heavy atom. The molecular weight excluding hydrogens is 1130 g/mol. The first-order valence-electron chi connectivity index (χ1n) is 26.2. The van der Waals surface area contributed by atoms with Crippen molar-refractivity contribution in [3.05, 3.63) is 161 Å². The molecule has 410 valence electrons. The van der Waals surface area contributed by atoms with Gasteiger partial charge in [-0.1, -0.05) is 24.3 Å². The van der Waals surface area contributed by atoms with E-state index in [0.29, 0.717) is 55.6 Å². The minimum Gasteiger partial charge on any atom is -0.399 e. The molecule has 10 aromatic rings. The Kier molecular flexibility index (Phi) is 17.7. The van der Waals surface area contributed by atoms with Crippen molar-refractivity contribution in [2.24, 2.45) is 0 Å². The number of benzene rings is 2. The Labute approximate surface area is 476 Å². The lowest BCUT2D eigenvalue weighted by Crippen LogP contribution is -2.41. The molecule has 0 atom stereocenters. The number of halogens is 3. The van der Waals surface area contributed by atoms with Gasteiger partial charge < -0.3 is 39.7 Å². The smallest absolute Gasteiger partial charge is 0.399 e. The SMILES string of the molecule is CN(C)CCCNC(=O)c1ccc(-c2c(F)cnc3[nH]c4cnc(-c5cccnc5)cc4c23)cc1.CN(C)CCCNC(=O)c1ccc(B2OC(C)(C)C(C)(C)O2)cc1.Fc1cnc2[nH]c3cnc(-c4cccnc4)cc3c2c1I. The van der Waals surface area contributed by atoms with Gasteiger partial charge in [0.1, 0.15) is 17.1 Å². The van der Waals surface area contributed by atoms with Crippen LogP contribution in [0.15, 0.2) is 135 Å². The second kappa shape index (κ2) is 24.8. The first-order chi connectivity index (χ1) is 38.4. The number of carbonyl (C=O) groups excluding carboxylic acids is 2. The van der Waals surface area contributed by atoms with Gasteiger partial charge in [-0.05, 0) is 176 Å². The maximum Gasteiger partial charge on any atom is 0.494 e. The molecule has 11 rings (SSSR count). The molecule has 2 aromatic carbocycles. The van der Waals surface area contributed by atoms with Crippen LogP contribution in [-0.4, -0.2) is 134 Å². The van der Waals surface area contributed by atoms with Gasteiger partial charge in [-0.15, -0.1) is 0 Å². The summed E-state index contributed by atoms with van der Waals surface area (Å²) in [5.74, 6) is -0.938. The lowest BCUT2D eigenvalue weighted by atomic mass is 9.79. The zero-order valence-electron chi connectivity index (χ0n) is 45.9. The molecule has 8 aromatic heterocycles. The Bertz CT molecular complexity index is 3770. The number of fused-ring (bicyclic) bond motifs is 6. The molecule has 0 unspecified atom stereocenters. The maximum atomic E-state index is 15.2. The fourth-order valence-corrected chi connectivity index (χ4v) is 9.70. The predicted octanol–water partition coefficient (Wildman–Crippen LogP) is 10.2. The molecule has 9 heterocycles. The number of aromatic nitrogens is 8. The highest BCUT2D eigenvalue weighted by atomic mass is 127. The number of pyridine rings is 6. The number of hydrogen-bond donors (Lipinski definition) is 4. The number of nitrogens with one attached hydrogen (secondary N) is 4. The van der Waals surface area contributed by atoms with E-state index >= 15 is 4.39 Å². The summed E-state index contributed by atoms with van der Waals surface area (Å²) in [6, 6.07) is 25.9. The van der Waals surface area contributed by atoms with Crippen molar-refractivity contribution in [2.75, 3.05) is 54.4 Å². The molecule has 1 fully saturated rings. The molecule has 16 nitrogen and oxygen atoms in total. The van der Waals surface area contributed by atoms with Crippen molar-refractivity contribution in [1.29, 1.82) is 0 Å². The average Bonchev–Trinajstić information content (AvgIpc) is 4.29. The molecule has 0 bridgehead atoms. The van der Waals surface area contributed by atoms with Crippen molar-refractivity contribution in [3.8, 4) is 33.6 Å². The van der Waals surface area contributed by atoms with Crippen molar-refractivity contribution < 1.29 is 27.7 Å². The quantitative estimate of drug-likeness (QED) is 0.0458. The monoisotopic (exact) mass is 1190 g/mol. The molecule has 80 heavy (non-hydrogen) atoms. The number of amides is 2. The summed E-state index contributed by atoms with van der Waals surface area (Å²) in [4.78, 5) is 60.8. The Hall–Kier alpha value is -7.63. The van der Waals surface area contributed by atoms with Crippen molar-refractivity contribution in [1.82, 2.24) is 60.3 Å². The molecule has 4 N–H and O–H groups in total. The zero-order valence-corrected chi connectivity index (χ0v) is 48.0. The summed E-state index contributed by atoms with van der Waals surface area (Å²) in [7, 11) is 7.65. The third-order valence-corrected chi connectivity index (χ3v) is 15.1. The van der Waals surface area contributed by atoms with E-state index in [9.17, 15) is 14.0 Å². The minimum atomic E-state index is -0.431. The number of aromatic amines is 2. The van der Waals surface area contributed by atoms with Crippen molar-refractivity contribution in [3.63, 3.8) is 0 Å². The summed E-state index contributed by atoms with van der Waals surface area (Å²) in [5.41, 5.74) is 8.68. The second-order valence-electron chi connectivity index (χ2n) is 20.9. The van der Waals surface area contributed by atoms with Gasteiger partial charge in [0.15, 0.2) is 5.82 Å². The van der Waals surface area contributed by atoms with E-state index in [1.165, 1.54) is 12.4 Å². The molecule has 0 saturated carbocycles. The second-order valence-corrected chi connectivity index (χ2v) is 22.0. The van der Waals surface area contributed by atoms with E-state index in [0.717, 1.165) is 81.1 Å². The van der Waals surface area contributed by atoms with Gasteiger partial charge in [-0.2, -0.15) is 0 Å². The van der Waals surface area contributed by atoms with Crippen LogP contribution < -0.4 is 16.1 Å². The molecule has 20 heteroatoms. The molecule has 1 saturated heterocycles. The first kappa shape index (κ1) is 57.1. The van der Waals surface area contributed by atoms with Crippen molar-refractivity contribution >= 4 is 90.9 Å². The van der Waals surface area contributed by atoms with Crippen LogP contribution in [0.5, 0.6) is 0 Å². The maximum absolute atomic E-state index is 15.2. The molecule has 0 radical (unpaired) electrons. The Balaban J connectivity index is 0.000000151. The Morgan fingerprint density at radius 3 is 1.54 bits per heavy atom. The number of H-pyrrole nitrogens is 2. The van der Waals surface area contributed by atoms with Gasteiger partial charge in [0, 0.05) is 87.2 Å². The predicted molar refractivity (Wildman–Crippen MR) is 320 cm³/mol. The number of carbonyl (C=O) groups is 2. The molecular formula is C60H62BF2IN12O4. The van der Waals surface area contributed by atoms with Gasteiger partial charge in [0.25, 0.3) is 11.8 Å². The van der Waals surface area contributed by atoms with Crippen LogP contribution >= 0.6 is 22.6 Å². The molecule has 1 aliphatic heterocycles. The van der Waals surface area contributed by atoms with Crippen LogP contribution in [0.25, 0.3) is 77.5 Å². The summed E-state index contributed by atoms with van der Waals surface area (Å²) in [6.07, 6.45) is 14.6. The summed E-state index contributed by atoms with van der Waals surface area (Å²) >= 11 is 2.01. The lowest BCUT2D eigenvalue weighted by Gasteiger charge is -2.32. The normalized spacial score (nSPS) is 13.6. The number of rotatable bonds is 14. The van der Waals surface area contributed by atoms with E-state index < -0.39 is 12.9 Å². The summed E-state index contributed by atoms with van der Waals surface area (Å²) in [5, 5.41) is 9.07. The van der Waals surface area contributed by atoms with Crippen LogP contribution in [-0.2, 0) is 9.31 Å². The highest BCUT2D eigenvalue weighted by Gasteiger charge is 2.51. The van der Waals surface area contributed by atoms with Gasteiger partial charge >= 0.3 is 7.12 Å². The molecule has 2 amide bonds. The third-order valence-electron chi connectivity index (χ3n) is 14.0. The molecule has 1 aliphatic rings. The first-order valence-corrected chi connectivity index (χ1v) is 27.3. The molecule has 0 aliphatic carbocycles. The highest BCUT2D eigenvalue weighted by Crippen LogP contribution is 2.38.